The summed E-state index contributed by atoms with van der Waals surface area (Å²) in [5.74, 6) is 2.30. The number of terminal acetylenes is 1. The molecule has 0 aliphatic carbocycles. The highest BCUT2D eigenvalue weighted by molar-refractivity contribution is 8.18. The third-order valence-electron chi connectivity index (χ3n) is 4.74. The molecule has 35 heavy (non-hydrogen) atoms. The summed E-state index contributed by atoms with van der Waals surface area (Å²) in [7, 11) is 0. The Labute approximate surface area is 213 Å². The predicted molar refractivity (Wildman–Crippen MR) is 139 cm³/mol. The Kier molecular flexibility index (Phi) is 9.01. The molecular weight excluding hydrogens is 488 g/mol. The molecule has 0 bridgehead atoms. The van der Waals surface area contributed by atoms with Crippen LogP contribution in [0.25, 0.3) is 6.08 Å². The van der Waals surface area contributed by atoms with Crippen LogP contribution in [0, 0.1) is 12.3 Å². The highest BCUT2D eigenvalue weighted by Gasteiger charge is 2.36. The van der Waals surface area contributed by atoms with E-state index in [9.17, 15) is 14.4 Å². The highest BCUT2D eigenvalue weighted by Crippen LogP contribution is 2.37. The molecular formula is C26H23ClN2O5S. The zero-order valence-corrected chi connectivity index (χ0v) is 20.6. The second-order valence-electron chi connectivity index (χ2n) is 7.22. The van der Waals surface area contributed by atoms with Crippen molar-refractivity contribution in [3.05, 3.63) is 70.1 Å². The monoisotopic (exact) mass is 510 g/mol. The van der Waals surface area contributed by atoms with Gasteiger partial charge in [-0.25, -0.2) is 0 Å². The summed E-state index contributed by atoms with van der Waals surface area (Å²) < 4.78 is 11.4. The van der Waals surface area contributed by atoms with Gasteiger partial charge in [0.25, 0.3) is 11.1 Å². The van der Waals surface area contributed by atoms with Gasteiger partial charge in [0.2, 0.25) is 5.91 Å². The molecule has 7 nitrogen and oxygen atoms in total. The van der Waals surface area contributed by atoms with Crippen molar-refractivity contribution in [3.8, 4) is 23.8 Å². The quantitative estimate of drug-likeness (QED) is 0.270. The number of thioether (sulfide) groups is 1. The Hall–Kier alpha value is -3.67. The van der Waals surface area contributed by atoms with Gasteiger partial charge in [-0.05, 0) is 61.0 Å². The van der Waals surface area contributed by atoms with Crippen LogP contribution in [-0.2, 0) is 16.0 Å². The Morgan fingerprint density at radius 2 is 2.06 bits per heavy atom. The van der Waals surface area contributed by atoms with E-state index in [0.717, 1.165) is 22.2 Å². The van der Waals surface area contributed by atoms with E-state index in [-0.39, 0.29) is 11.5 Å². The van der Waals surface area contributed by atoms with Crippen molar-refractivity contribution < 1.29 is 23.9 Å². The summed E-state index contributed by atoms with van der Waals surface area (Å²) in [5, 5.41) is 2.42. The van der Waals surface area contributed by atoms with Gasteiger partial charge in [-0.15, -0.1) is 13.0 Å². The molecule has 1 N–H and O–H groups in total. The van der Waals surface area contributed by atoms with Gasteiger partial charge in [0.15, 0.2) is 11.5 Å². The van der Waals surface area contributed by atoms with Crippen LogP contribution in [0.3, 0.4) is 0 Å². The first-order valence-electron chi connectivity index (χ1n) is 10.6. The third kappa shape index (κ3) is 6.47. The average molecular weight is 511 g/mol. The number of nitrogens with zero attached hydrogens (tertiary/aromatic N) is 1. The standard InChI is InChI=1S/C26H23ClN2O5S/c1-4-9-18-13-17(14-21(33-6-3)24(18)34-12-5-2)15-22-25(31)29(26(32)35-22)16-23(30)28-20-11-8-7-10-19(20)27/h2,4,7-8,10-11,13-15H,1,6,9,12,16H2,3H3,(H,28,30)/b22-15+. The summed E-state index contributed by atoms with van der Waals surface area (Å²) >= 11 is 6.81. The summed E-state index contributed by atoms with van der Waals surface area (Å²) in [6, 6.07) is 10.2. The molecule has 0 saturated carbocycles. The van der Waals surface area contributed by atoms with E-state index >= 15 is 0 Å². The number of amides is 3. The zero-order valence-electron chi connectivity index (χ0n) is 19.0. The van der Waals surface area contributed by atoms with E-state index in [1.165, 1.54) is 0 Å². The molecule has 180 valence electrons. The van der Waals surface area contributed by atoms with Crippen molar-refractivity contribution in [1.82, 2.24) is 4.90 Å². The van der Waals surface area contributed by atoms with E-state index in [1.54, 1.807) is 42.5 Å². The molecule has 9 heteroatoms. The molecule has 0 aromatic heterocycles. The van der Waals surface area contributed by atoms with Crippen LogP contribution in [0.5, 0.6) is 11.5 Å². The second kappa shape index (κ2) is 12.2. The van der Waals surface area contributed by atoms with Crippen LogP contribution >= 0.6 is 23.4 Å². The molecule has 0 spiro atoms. The number of carbonyl (C=O) groups is 3. The fourth-order valence-electron chi connectivity index (χ4n) is 3.30. The lowest BCUT2D eigenvalue weighted by atomic mass is 10.0. The highest BCUT2D eigenvalue weighted by atomic mass is 35.5. The zero-order chi connectivity index (χ0) is 25.4. The lowest BCUT2D eigenvalue weighted by molar-refractivity contribution is -0.127. The number of halogens is 1. The first kappa shape index (κ1) is 25.9. The van der Waals surface area contributed by atoms with E-state index in [4.69, 9.17) is 27.5 Å². The van der Waals surface area contributed by atoms with Gasteiger partial charge >= 0.3 is 0 Å². The van der Waals surface area contributed by atoms with Gasteiger partial charge in [-0.1, -0.05) is 35.7 Å². The van der Waals surface area contributed by atoms with Crippen LogP contribution in [0.1, 0.15) is 18.1 Å². The Bertz CT molecular complexity index is 1230. The Morgan fingerprint density at radius 1 is 1.29 bits per heavy atom. The number of allylic oxidation sites excluding steroid dienone is 1. The van der Waals surface area contributed by atoms with Gasteiger partial charge in [-0.3, -0.25) is 19.3 Å². The molecule has 2 aromatic carbocycles. The number of benzene rings is 2. The summed E-state index contributed by atoms with van der Waals surface area (Å²) in [4.78, 5) is 38.9. The van der Waals surface area contributed by atoms with Crippen molar-refractivity contribution in [2.24, 2.45) is 0 Å². The molecule has 0 radical (unpaired) electrons. The van der Waals surface area contributed by atoms with Crippen molar-refractivity contribution in [2.75, 3.05) is 25.1 Å². The van der Waals surface area contributed by atoms with E-state index in [1.807, 2.05) is 13.0 Å². The van der Waals surface area contributed by atoms with Gasteiger partial charge in [0.05, 0.1) is 22.2 Å². The molecule has 1 saturated heterocycles. The molecule has 2 aromatic rings. The summed E-state index contributed by atoms with van der Waals surface area (Å²) in [6.07, 6.45) is 9.10. The fraction of sp³-hybridized carbons (Fsp3) is 0.192. The minimum absolute atomic E-state index is 0.0682. The lowest BCUT2D eigenvalue weighted by Crippen LogP contribution is -2.36. The van der Waals surface area contributed by atoms with Crippen LogP contribution in [0.15, 0.2) is 54.0 Å². The number of hydrogen-bond acceptors (Lipinski definition) is 6. The molecule has 1 aliphatic heterocycles. The topological polar surface area (TPSA) is 84.9 Å². The SMILES string of the molecule is C#CCOc1c(CC=C)cc(/C=C2/SC(=O)N(CC(=O)Nc3ccccc3Cl)C2=O)cc1OCC. The lowest BCUT2D eigenvalue weighted by Gasteiger charge is -2.15. The van der Waals surface area contributed by atoms with E-state index in [0.29, 0.717) is 40.8 Å². The van der Waals surface area contributed by atoms with E-state index < -0.39 is 23.6 Å². The number of carbonyl (C=O) groups excluding carboxylic acids is 3. The number of para-hydroxylation sites is 1. The van der Waals surface area contributed by atoms with Gasteiger partial charge in [0, 0.05) is 5.56 Å². The molecule has 3 rings (SSSR count). The maximum Gasteiger partial charge on any atom is 0.294 e. The minimum atomic E-state index is -0.565. The first-order chi connectivity index (χ1) is 16.9. The molecule has 1 fully saturated rings. The first-order valence-corrected chi connectivity index (χ1v) is 11.8. The van der Waals surface area contributed by atoms with Gasteiger partial charge in [0.1, 0.15) is 13.2 Å². The third-order valence-corrected chi connectivity index (χ3v) is 5.98. The second-order valence-corrected chi connectivity index (χ2v) is 8.62. The van der Waals surface area contributed by atoms with Crippen molar-refractivity contribution in [1.29, 1.82) is 0 Å². The fourth-order valence-corrected chi connectivity index (χ4v) is 4.32. The maximum absolute atomic E-state index is 12.9. The van der Waals surface area contributed by atoms with Crippen LogP contribution in [0.4, 0.5) is 10.5 Å². The smallest absolute Gasteiger partial charge is 0.294 e. The Balaban J connectivity index is 1.84. The Morgan fingerprint density at radius 3 is 2.74 bits per heavy atom. The van der Waals surface area contributed by atoms with Crippen LogP contribution in [-0.4, -0.2) is 41.7 Å². The minimum Gasteiger partial charge on any atom is -0.490 e. The molecule has 0 unspecified atom stereocenters. The van der Waals surface area contributed by atoms with Gasteiger partial charge in [-0.2, -0.15) is 0 Å². The van der Waals surface area contributed by atoms with E-state index in [2.05, 4.69) is 17.8 Å². The number of imide groups is 1. The van der Waals surface area contributed by atoms with Crippen molar-refractivity contribution in [2.45, 2.75) is 13.3 Å². The number of hydrogen-bond donors (Lipinski definition) is 1. The number of ether oxygens (including phenoxy) is 2. The number of anilines is 1. The van der Waals surface area contributed by atoms with Crippen LogP contribution < -0.4 is 14.8 Å². The largest absolute Gasteiger partial charge is 0.490 e. The molecule has 3 amide bonds. The molecule has 1 aliphatic rings. The number of rotatable bonds is 10. The number of nitrogens with one attached hydrogen (secondary N) is 1. The van der Waals surface area contributed by atoms with Crippen LogP contribution in [0.2, 0.25) is 5.02 Å². The normalized spacial score (nSPS) is 14.1. The summed E-state index contributed by atoms with van der Waals surface area (Å²) in [5.41, 5.74) is 1.79. The summed E-state index contributed by atoms with van der Waals surface area (Å²) in [6.45, 7) is 5.64. The van der Waals surface area contributed by atoms with Crippen molar-refractivity contribution >= 4 is 52.2 Å². The molecule has 0 atom stereocenters. The van der Waals surface area contributed by atoms with Gasteiger partial charge < -0.3 is 14.8 Å². The average Bonchev–Trinajstić information content (AvgIpc) is 3.08. The maximum atomic E-state index is 12.9. The van der Waals surface area contributed by atoms with Crippen molar-refractivity contribution in [3.63, 3.8) is 0 Å². The molecule has 1 heterocycles. The predicted octanol–water partition coefficient (Wildman–Crippen LogP) is 5.15.